The first kappa shape index (κ1) is 24.7. The van der Waals surface area contributed by atoms with Crippen molar-refractivity contribution in [2.75, 3.05) is 17.7 Å². The molecule has 0 saturated carbocycles. The quantitative estimate of drug-likeness (QED) is 0.417. The van der Waals surface area contributed by atoms with Crippen molar-refractivity contribution >= 4 is 29.3 Å². The number of anilines is 1. The number of nitrogens with one attached hydrogen (secondary N) is 2. The van der Waals surface area contributed by atoms with Gasteiger partial charge in [-0.3, -0.25) is 4.79 Å². The molecule has 174 valence electrons. The monoisotopic (exact) mass is 481 g/mol. The van der Waals surface area contributed by atoms with Gasteiger partial charge in [-0.05, 0) is 37.3 Å². The topological polar surface area (TPSA) is 91.2 Å². The molecule has 1 aliphatic rings. The number of nitriles is 1. The van der Waals surface area contributed by atoms with Gasteiger partial charge in [0.25, 0.3) is 0 Å². The second-order valence-electron chi connectivity index (χ2n) is 7.20. The Morgan fingerprint density at radius 1 is 1.24 bits per heavy atom. The maximum atomic E-state index is 14.8. The van der Waals surface area contributed by atoms with Crippen LogP contribution in [0.5, 0.6) is 0 Å². The molecule has 0 saturated heterocycles. The van der Waals surface area contributed by atoms with E-state index in [4.69, 9.17) is 4.74 Å². The summed E-state index contributed by atoms with van der Waals surface area (Å²) in [7, 11) is 0. The zero-order chi connectivity index (χ0) is 24.7. The summed E-state index contributed by atoms with van der Waals surface area (Å²) in [4.78, 5) is 25.2. The number of benzene rings is 2. The van der Waals surface area contributed by atoms with Crippen molar-refractivity contribution in [3.63, 3.8) is 0 Å². The van der Waals surface area contributed by atoms with Crippen LogP contribution < -0.4 is 10.6 Å². The number of nitrogens with zero attached hydrogens (tertiary/aromatic N) is 1. The Morgan fingerprint density at radius 3 is 2.59 bits per heavy atom. The summed E-state index contributed by atoms with van der Waals surface area (Å²) in [6.45, 7) is 5.09. The minimum Gasteiger partial charge on any atom is -0.458 e. The van der Waals surface area contributed by atoms with E-state index < -0.39 is 23.5 Å². The molecule has 1 aliphatic heterocycles. The van der Waals surface area contributed by atoms with Crippen LogP contribution in [0.3, 0.4) is 0 Å². The molecule has 0 aliphatic carbocycles. The average molecular weight is 482 g/mol. The van der Waals surface area contributed by atoms with Gasteiger partial charge in [0.2, 0.25) is 5.91 Å². The van der Waals surface area contributed by atoms with Crippen LogP contribution in [0.4, 0.5) is 14.5 Å². The van der Waals surface area contributed by atoms with E-state index in [1.54, 1.807) is 13.0 Å². The normalized spacial score (nSPS) is 15.3. The minimum atomic E-state index is -1.02. The molecule has 2 aromatic carbocycles. The third-order valence-electron chi connectivity index (χ3n) is 4.89. The lowest BCUT2D eigenvalue weighted by Crippen LogP contribution is -2.30. The van der Waals surface area contributed by atoms with Crippen molar-refractivity contribution in [3.8, 4) is 6.07 Å². The summed E-state index contributed by atoms with van der Waals surface area (Å²) < 4.78 is 33.0. The van der Waals surface area contributed by atoms with Gasteiger partial charge in [-0.1, -0.05) is 42.6 Å². The van der Waals surface area contributed by atoms with E-state index in [1.807, 2.05) is 0 Å². The summed E-state index contributed by atoms with van der Waals surface area (Å²) in [5, 5.41) is 15.9. The fourth-order valence-corrected chi connectivity index (χ4v) is 4.29. The first-order valence-electron chi connectivity index (χ1n) is 10.2. The smallest absolute Gasteiger partial charge is 0.337 e. The fraction of sp³-hybridized carbons (Fsp3) is 0.160. The zero-order valence-electron chi connectivity index (χ0n) is 18.2. The summed E-state index contributed by atoms with van der Waals surface area (Å²) in [6, 6.07) is 13.2. The summed E-state index contributed by atoms with van der Waals surface area (Å²) >= 11 is 1.04. The van der Waals surface area contributed by atoms with Gasteiger partial charge >= 0.3 is 5.97 Å². The second kappa shape index (κ2) is 11.3. The van der Waals surface area contributed by atoms with Gasteiger partial charge in [0.05, 0.1) is 33.9 Å². The zero-order valence-corrected chi connectivity index (χ0v) is 19.0. The number of esters is 1. The van der Waals surface area contributed by atoms with E-state index in [0.29, 0.717) is 16.4 Å². The van der Waals surface area contributed by atoms with Crippen molar-refractivity contribution in [1.29, 1.82) is 5.26 Å². The molecule has 2 N–H and O–H groups in total. The highest BCUT2D eigenvalue weighted by Crippen LogP contribution is 2.41. The Morgan fingerprint density at radius 2 is 1.94 bits per heavy atom. The predicted octanol–water partition coefficient (Wildman–Crippen LogP) is 4.76. The van der Waals surface area contributed by atoms with Crippen molar-refractivity contribution < 1.29 is 23.1 Å². The van der Waals surface area contributed by atoms with Gasteiger partial charge in [-0.25, -0.2) is 13.6 Å². The van der Waals surface area contributed by atoms with Gasteiger partial charge in [0.15, 0.2) is 0 Å². The maximum absolute atomic E-state index is 14.8. The number of dihydropyridines is 1. The fourth-order valence-electron chi connectivity index (χ4n) is 3.40. The Bertz CT molecular complexity index is 1220. The van der Waals surface area contributed by atoms with Crippen LogP contribution in [0.25, 0.3) is 0 Å². The van der Waals surface area contributed by atoms with Crippen LogP contribution >= 0.6 is 11.8 Å². The number of thioether (sulfide) groups is 1. The maximum Gasteiger partial charge on any atom is 0.337 e. The van der Waals surface area contributed by atoms with Crippen LogP contribution in [0, 0.1) is 23.0 Å². The van der Waals surface area contributed by atoms with E-state index in [2.05, 4.69) is 23.3 Å². The highest BCUT2D eigenvalue weighted by atomic mass is 32.2. The van der Waals surface area contributed by atoms with Gasteiger partial charge in [-0.15, -0.1) is 0 Å². The Kier molecular flexibility index (Phi) is 8.22. The van der Waals surface area contributed by atoms with Crippen molar-refractivity contribution in [1.82, 2.24) is 5.32 Å². The van der Waals surface area contributed by atoms with E-state index in [1.165, 1.54) is 48.5 Å². The number of rotatable bonds is 8. The van der Waals surface area contributed by atoms with E-state index in [0.717, 1.165) is 11.8 Å². The molecule has 1 atom stereocenters. The van der Waals surface area contributed by atoms with Crippen LogP contribution in [-0.4, -0.2) is 24.2 Å². The molecule has 0 fully saturated rings. The standard InChI is InChI=1S/C25H21F2N3O3S/c1-3-12-33-25(32)22-15(2)29-24(19(13-28)23(22)18-6-4-5-7-20(18)27)34-14-21(31)30-17-10-8-16(26)9-11-17/h3-11,23,29H,1,12,14H2,2H3,(H,30,31). The highest BCUT2D eigenvalue weighted by Gasteiger charge is 2.37. The van der Waals surface area contributed by atoms with Crippen LogP contribution in [0.15, 0.2) is 83.1 Å². The van der Waals surface area contributed by atoms with Gasteiger partial charge in [0.1, 0.15) is 18.2 Å². The second-order valence-corrected chi connectivity index (χ2v) is 8.19. The molecule has 2 aromatic rings. The molecule has 1 amide bonds. The molecular formula is C25H21F2N3O3S. The number of allylic oxidation sites excluding steroid dienone is 2. The Labute approximate surface area is 200 Å². The third kappa shape index (κ3) is 5.71. The number of hydrogen-bond donors (Lipinski definition) is 2. The molecule has 1 unspecified atom stereocenters. The summed E-state index contributed by atoms with van der Waals surface area (Å²) in [5.41, 5.74) is 1.12. The molecule has 34 heavy (non-hydrogen) atoms. The highest BCUT2D eigenvalue weighted by molar-refractivity contribution is 8.03. The number of ether oxygens (including phenoxy) is 1. The molecular weight excluding hydrogens is 460 g/mol. The van der Waals surface area contributed by atoms with Crippen molar-refractivity contribution in [3.05, 3.63) is 100 Å². The Balaban J connectivity index is 1.91. The molecule has 0 aromatic heterocycles. The number of amides is 1. The number of halogens is 2. The molecule has 6 nitrogen and oxygen atoms in total. The first-order valence-corrected chi connectivity index (χ1v) is 11.2. The minimum absolute atomic E-state index is 0.0453. The molecule has 0 radical (unpaired) electrons. The number of hydrogen-bond acceptors (Lipinski definition) is 6. The van der Waals surface area contributed by atoms with Gasteiger partial charge < -0.3 is 15.4 Å². The summed E-state index contributed by atoms with van der Waals surface area (Å²) in [6.07, 6.45) is 1.41. The van der Waals surface area contributed by atoms with E-state index in [-0.39, 0.29) is 35.0 Å². The molecule has 9 heteroatoms. The van der Waals surface area contributed by atoms with Gasteiger partial charge in [0, 0.05) is 16.9 Å². The van der Waals surface area contributed by atoms with E-state index in [9.17, 15) is 23.6 Å². The average Bonchev–Trinajstić information content (AvgIpc) is 2.82. The van der Waals surface area contributed by atoms with Crippen LogP contribution in [0.1, 0.15) is 18.4 Å². The Hall–Kier alpha value is -3.90. The number of carbonyl (C=O) groups excluding carboxylic acids is 2. The summed E-state index contributed by atoms with van der Waals surface area (Å²) in [5.74, 6) is -3.20. The molecule has 0 bridgehead atoms. The van der Waals surface area contributed by atoms with Crippen molar-refractivity contribution in [2.45, 2.75) is 12.8 Å². The van der Waals surface area contributed by atoms with E-state index >= 15 is 0 Å². The largest absolute Gasteiger partial charge is 0.458 e. The van der Waals surface area contributed by atoms with Gasteiger partial charge in [-0.2, -0.15) is 5.26 Å². The lowest BCUT2D eigenvalue weighted by molar-refractivity contribution is -0.138. The first-order chi connectivity index (χ1) is 16.3. The molecule has 1 heterocycles. The lowest BCUT2D eigenvalue weighted by Gasteiger charge is -2.29. The van der Waals surface area contributed by atoms with Crippen molar-refractivity contribution in [2.24, 2.45) is 0 Å². The number of carbonyl (C=O) groups is 2. The SMILES string of the molecule is C=CCOC(=O)C1=C(C)NC(SCC(=O)Nc2ccc(F)cc2)=C(C#N)C1c1ccccc1F. The van der Waals surface area contributed by atoms with Crippen LogP contribution in [0.2, 0.25) is 0 Å². The molecule has 0 spiro atoms. The third-order valence-corrected chi connectivity index (χ3v) is 5.91. The predicted molar refractivity (Wildman–Crippen MR) is 126 cm³/mol. The lowest BCUT2D eigenvalue weighted by atomic mass is 9.82. The van der Waals surface area contributed by atoms with Crippen LogP contribution in [-0.2, 0) is 14.3 Å². The molecule has 3 rings (SSSR count).